The van der Waals surface area contributed by atoms with Gasteiger partial charge in [0.15, 0.2) is 0 Å². The largest absolute Gasteiger partial charge is 0.369 e. The highest BCUT2D eigenvalue weighted by Gasteiger charge is 2.14. The number of hydrogen-bond donors (Lipinski definition) is 1. The normalized spacial score (nSPS) is 18.4. The molecule has 1 aromatic carbocycles. The number of benzene rings is 1. The van der Waals surface area contributed by atoms with Crippen molar-refractivity contribution in [2.75, 3.05) is 38.1 Å². The molecular weight excluding hydrogens is 226 g/mol. The monoisotopic (exact) mass is 247 g/mol. The van der Waals surface area contributed by atoms with Crippen molar-refractivity contribution in [2.24, 2.45) is 0 Å². The maximum absolute atomic E-state index is 10.4. The molecule has 0 aromatic heterocycles. The average molecular weight is 247 g/mol. The molecule has 0 aliphatic carbocycles. The zero-order chi connectivity index (χ0) is 13.0. The number of amides is 1. The molecule has 0 radical (unpaired) electrons. The molecule has 18 heavy (non-hydrogen) atoms. The minimum atomic E-state index is 0.0732. The van der Waals surface area contributed by atoms with Gasteiger partial charge < -0.3 is 15.1 Å². The van der Waals surface area contributed by atoms with Gasteiger partial charge in [-0.25, -0.2) is 0 Å². The van der Waals surface area contributed by atoms with Crippen LogP contribution in [0.15, 0.2) is 24.3 Å². The van der Waals surface area contributed by atoms with Gasteiger partial charge in [-0.2, -0.15) is 0 Å². The Hall–Kier alpha value is -1.55. The Labute approximate surface area is 109 Å². The van der Waals surface area contributed by atoms with E-state index in [1.807, 2.05) is 6.92 Å². The molecular formula is C14H21N3O. The SMILES string of the molecule is CC(NC=O)c1ccc(N2CCN(C)CC2)cc1. The Morgan fingerprint density at radius 2 is 1.78 bits per heavy atom. The first-order chi connectivity index (χ1) is 8.70. The minimum Gasteiger partial charge on any atom is -0.369 e. The molecule has 4 heteroatoms. The summed E-state index contributed by atoms with van der Waals surface area (Å²) in [6.07, 6.45) is 0.749. The van der Waals surface area contributed by atoms with E-state index in [1.54, 1.807) is 0 Å². The second-order valence-electron chi connectivity index (χ2n) is 4.89. The summed E-state index contributed by atoms with van der Waals surface area (Å²) in [7, 11) is 2.16. The predicted octanol–water partition coefficient (Wildman–Crippen LogP) is 1.25. The van der Waals surface area contributed by atoms with E-state index in [2.05, 4.69) is 46.4 Å². The van der Waals surface area contributed by atoms with Crippen LogP contribution in [-0.4, -0.2) is 44.5 Å². The number of nitrogens with zero attached hydrogens (tertiary/aromatic N) is 2. The molecule has 0 saturated carbocycles. The fourth-order valence-corrected chi connectivity index (χ4v) is 2.24. The van der Waals surface area contributed by atoms with E-state index in [0.29, 0.717) is 0 Å². The Kier molecular flexibility index (Phi) is 4.20. The summed E-state index contributed by atoms with van der Waals surface area (Å²) in [6, 6.07) is 8.54. The summed E-state index contributed by atoms with van der Waals surface area (Å²) in [4.78, 5) is 15.2. The number of carbonyl (C=O) groups excluding carboxylic acids is 1. The summed E-state index contributed by atoms with van der Waals surface area (Å²) in [5, 5.41) is 2.77. The van der Waals surface area contributed by atoms with Crippen LogP contribution in [0.4, 0.5) is 5.69 Å². The second-order valence-corrected chi connectivity index (χ2v) is 4.89. The van der Waals surface area contributed by atoms with Crippen LogP contribution >= 0.6 is 0 Å². The van der Waals surface area contributed by atoms with E-state index in [9.17, 15) is 4.79 Å². The number of likely N-dealkylation sites (N-methyl/N-ethyl adjacent to an activating group) is 1. The summed E-state index contributed by atoms with van der Waals surface area (Å²) in [6.45, 7) is 6.38. The lowest BCUT2D eigenvalue weighted by Gasteiger charge is -2.34. The summed E-state index contributed by atoms with van der Waals surface area (Å²) in [5.74, 6) is 0. The van der Waals surface area contributed by atoms with E-state index < -0.39 is 0 Å². The Bertz CT molecular complexity index is 383. The standard InChI is InChI=1S/C14H21N3O/c1-12(15-11-18)13-3-5-14(6-4-13)17-9-7-16(2)8-10-17/h3-6,11-12H,7-10H2,1-2H3,(H,15,18). The van der Waals surface area contributed by atoms with Crippen LogP contribution in [-0.2, 0) is 4.79 Å². The first-order valence-electron chi connectivity index (χ1n) is 6.44. The molecule has 1 saturated heterocycles. The van der Waals surface area contributed by atoms with Gasteiger partial charge in [0.1, 0.15) is 0 Å². The molecule has 1 aliphatic rings. The number of carbonyl (C=O) groups is 1. The Morgan fingerprint density at radius 1 is 1.17 bits per heavy atom. The quantitative estimate of drug-likeness (QED) is 0.813. The fraction of sp³-hybridized carbons (Fsp3) is 0.500. The zero-order valence-corrected chi connectivity index (χ0v) is 11.1. The van der Waals surface area contributed by atoms with Crippen molar-refractivity contribution < 1.29 is 4.79 Å². The van der Waals surface area contributed by atoms with Crippen LogP contribution < -0.4 is 10.2 Å². The third kappa shape index (κ3) is 3.01. The molecule has 1 unspecified atom stereocenters. The molecule has 4 nitrogen and oxygen atoms in total. The molecule has 98 valence electrons. The van der Waals surface area contributed by atoms with E-state index in [0.717, 1.165) is 38.2 Å². The van der Waals surface area contributed by atoms with E-state index in [4.69, 9.17) is 0 Å². The van der Waals surface area contributed by atoms with Gasteiger partial charge in [0.25, 0.3) is 0 Å². The summed E-state index contributed by atoms with van der Waals surface area (Å²) >= 11 is 0. The smallest absolute Gasteiger partial charge is 0.207 e. The van der Waals surface area contributed by atoms with Gasteiger partial charge in [-0.05, 0) is 31.7 Å². The van der Waals surface area contributed by atoms with Crippen molar-refractivity contribution in [1.29, 1.82) is 0 Å². The Morgan fingerprint density at radius 3 is 2.33 bits per heavy atom. The van der Waals surface area contributed by atoms with Crippen molar-refractivity contribution in [3.63, 3.8) is 0 Å². The molecule has 2 rings (SSSR count). The molecule has 1 amide bonds. The van der Waals surface area contributed by atoms with E-state index >= 15 is 0 Å². The lowest BCUT2D eigenvalue weighted by atomic mass is 10.1. The highest BCUT2D eigenvalue weighted by atomic mass is 16.1. The molecule has 1 heterocycles. The van der Waals surface area contributed by atoms with Crippen LogP contribution in [0.2, 0.25) is 0 Å². The third-order valence-electron chi connectivity index (χ3n) is 3.58. The van der Waals surface area contributed by atoms with Crippen LogP contribution in [0.25, 0.3) is 0 Å². The van der Waals surface area contributed by atoms with Gasteiger partial charge in [-0.15, -0.1) is 0 Å². The molecule has 1 aromatic rings. The second kappa shape index (κ2) is 5.87. The van der Waals surface area contributed by atoms with Gasteiger partial charge >= 0.3 is 0 Å². The predicted molar refractivity (Wildman–Crippen MR) is 73.8 cm³/mol. The first-order valence-corrected chi connectivity index (χ1v) is 6.44. The number of hydrogen-bond acceptors (Lipinski definition) is 3. The highest BCUT2D eigenvalue weighted by molar-refractivity contribution is 5.50. The maximum Gasteiger partial charge on any atom is 0.207 e. The first kappa shape index (κ1) is 12.9. The molecule has 0 spiro atoms. The lowest BCUT2D eigenvalue weighted by Crippen LogP contribution is -2.44. The number of rotatable bonds is 4. The molecule has 1 N–H and O–H groups in total. The fourth-order valence-electron chi connectivity index (χ4n) is 2.24. The van der Waals surface area contributed by atoms with Crippen LogP contribution in [0.3, 0.4) is 0 Å². The van der Waals surface area contributed by atoms with E-state index in [1.165, 1.54) is 5.69 Å². The number of anilines is 1. The average Bonchev–Trinajstić information content (AvgIpc) is 2.40. The Balaban J connectivity index is 2.01. The maximum atomic E-state index is 10.4. The molecule has 1 fully saturated rings. The van der Waals surface area contributed by atoms with Crippen molar-refractivity contribution in [3.05, 3.63) is 29.8 Å². The van der Waals surface area contributed by atoms with Crippen LogP contribution in [0, 0.1) is 0 Å². The van der Waals surface area contributed by atoms with Crippen molar-refractivity contribution >= 4 is 12.1 Å². The lowest BCUT2D eigenvalue weighted by molar-refractivity contribution is -0.110. The molecule has 1 aliphatic heterocycles. The minimum absolute atomic E-state index is 0.0732. The summed E-state index contributed by atoms with van der Waals surface area (Å²) in [5.41, 5.74) is 2.41. The topological polar surface area (TPSA) is 35.6 Å². The van der Waals surface area contributed by atoms with Gasteiger partial charge in [0, 0.05) is 31.9 Å². The van der Waals surface area contributed by atoms with Gasteiger partial charge in [0.05, 0.1) is 6.04 Å². The van der Waals surface area contributed by atoms with Crippen molar-refractivity contribution in [3.8, 4) is 0 Å². The third-order valence-corrected chi connectivity index (χ3v) is 3.58. The van der Waals surface area contributed by atoms with E-state index in [-0.39, 0.29) is 6.04 Å². The van der Waals surface area contributed by atoms with Crippen LogP contribution in [0.5, 0.6) is 0 Å². The van der Waals surface area contributed by atoms with Crippen LogP contribution in [0.1, 0.15) is 18.5 Å². The number of nitrogens with one attached hydrogen (secondary N) is 1. The van der Waals surface area contributed by atoms with Crippen molar-refractivity contribution in [2.45, 2.75) is 13.0 Å². The van der Waals surface area contributed by atoms with Crippen molar-refractivity contribution in [1.82, 2.24) is 10.2 Å². The number of piperazine rings is 1. The van der Waals surface area contributed by atoms with Gasteiger partial charge in [-0.1, -0.05) is 12.1 Å². The van der Waals surface area contributed by atoms with Gasteiger partial charge in [0.2, 0.25) is 6.41 Å². The highest BCUT2D eigenvalue weighted by Crippen LogP contribution is 2.20. The molecule has 0 bridgehead atoms. The summed E-state index contributed by atoms with van der Waals surface area (Å²) < 4.78 is 0. The molecule has 1 atom stereocenters. The van der Waals surface area contributed by atoms with Gasteiger partial charge in [-0.3, -0.25) is 4.79 Å². The zero-order valence-electron chi connectivity index (χ0n) is 11.1.